The van der Waals surface area contributed by atoms with Crippen molar-refractivity contribution in [2.24, 2.45) is 0 Å². The van der Waals surface area contributed by atoms with Crippen molar-refractivity contribution in [3.63, 3.8) is 0 Å². The molecular weight excluding hydrogens is 240 g/mol. The van der Waals surface area contributed by atoms with Crippen LogP contribution < -0.4 is 3.87 Å². The summed E-state index contributed by atoms with van der Waals surface area (Å²) in [6, 6.07) is 11.1. The van der Waals surface area contributed by atoms with Gasteiger partial charge in [-0.3, -0.25) is 0 Å². The molecule has 0 aliphatic heterocycles. The van der Waals surface area contributed by atoms with Gasteiger partial charge in [-0.2, -0.15) is 0 Å². The number of allylic oxidation sites excluding steroid dienone is 8. The fourth-order valence-corrected chi connectivity index (χ4v) is 6.90. The van der Waals surface area contributed by atoms with Gasteiger partial charge < -0.3 is 0 Å². The first-order valence-corrected chi connectivity index (χ1v) is 8.44. The average molecular weight is 255 g/mol. The molecule has 0 nitrogen and oxygen atoms in total. The van der Waals surface area contributed by atoms with Crippen LogP contribution in [0.4, 0.5) is 0 Å². The van der Waals surface area contributed by atoms with Gasteiger partial charge in [0.1, 0.15) is 0 Å². The standard InChI is InChI=1S/C6H5.2C5H5.Ti/c1-2-4-6-5-3-1;2*1-2-4-5-3-1;/h1-5H;2*1-3H,4H2;. The predicted octanol–water partition coefficient (Wildman–Crippen LogP) is 3.62. The topological polar surface area (TPSA) is 0 Å². The first kappa shape index (κ1) is 11.0. The first-order chi connectivity index (χ1) is 8.45. The van der Waals surface area contributed by atoms with E-state index in [1.165, 1.54) is 12.8 Å². The third-order valence-corrected chi connectivity index (χ3v) is 7.83. The van der Waals surface area contributed by atoms with E-state index in [-0.39, 0.29) is 0 Å². The molecule has 0 fully saturated rings. The van der Waals surface area contributed by atoms with Crippen molar-refractivity contribution >= 4 is 3.87 Å². The number of hydrogen-bond acceptors (Lipinski definition) is 0. The van der Waals surface area contributed by atoms with Crippen LogP contribution >= 0.6 is 0 Å². The molecule has 0 saturated carbocycles. The third kappa shape index (κ3) is 2.29. The van der Waals surface area contributed by atoms with Crippen LogP contribution in [-0.2, 0) is 17.9 Å². The minimum atomic E-state index is -1.41. The Morgan fingerprint density at radius 3 is 1.82 bits per heavy atom. The molecule has 3 rings (SSSR count). The third-order valence-electron chi connectivity index (χ3n) is 3.25. The van der Waals surface area contributed by atoms with Gasteiger partial charge in [0.05, 0.1) is 0 Å². The molecule has 2 aliphatic rings. The molecule has 83 valence electrons. The van der Waals surface area contributed by atoms with Crippen LogP contribution in [-0.4, -0.2) is 0 Å². The van der Waals surface area contributed by atoms with E-state index in [2.05, 4.69) is 66.8 Å². The SMILES string of the molecule is C1=CC[C]([Ti]([C]2=CC=CC2)[c]2ccccc2)=C1. The Morgan fingerprint density at radius 2 is 1.35 bits per heavy atom. The van der Waals surface area contributed by atoms with E-state index >= 15 is 0 Å². The maximum atomic E-state index is 2.35. The van der Waals surface area contributed by atoms with Crippen molar-refractivity contribution in [1.29, 1.82) is 0 Å². The van der Waals surface area contributed by atoms with Crippen molar-refractivity contribution in [1.82, 2.24) is 0 Å². The average Bonchev–Trinajstić information content (AvgIpc) is 3.04. The van der Waals surface area contributed by atoms with Crippen LogP contribution in [0.25, 0.3) is 0 Å². The van der Waals surface area contributed by atoms with Gasteiger partial charge in [0.25, 0.3) is 0 Å². The van der Waals surface area contributed by atoms with Crippen LogP contribution in [0.3, 0.4) is 0 Å². The van der Waals surface area contributed by atoms with Crippen molar-refractivity contribution in [2.75, 3.05) is 0 Å². The first-order valence-electron chi connectivity index (χ1n) is 6.09. The van der Waals surface area contributed by atoms with Gasteiger partial charge in [-0.15, -0.1) is 0 Å². The maximum absolute atomic E-state index is 2.35. The summed E-state index contributed by atoms with van der Waals surface area (Å²) in [4.78, 5) is 0. The molecule has 2 aliphatic carbocycles. The van der Waals surface area contributed by atoms with E-state index in [4.69, 9.17) is 0 Å². The van der Waals surface area contributed by atoms with E-state index in [1.54, 1.807) is 11.6 Å². The van der Waals surface area contributed by atoms with Crippen LogP contribution in [0.15, 0.2) is 74.5 Å². The molecule has 1 heteroatoms. The summed E-state index contributed by atoms with van der Waals surface area (Å²) in [6.07, 6.45) is 16.0. The molecule has 0 amide bonds. The molecule has 0 aromatic heterocycles. The molecule has 1 aromatic carbocycles. The van der Waals surface area contributed by atoms with E-state index < -0.39 is 17.9 Å². The Labute approximate surface area is 109 Å². The van der Waals surface area contributed by atoms with Gasteiger partial charge in [-0.25, -0.2) is 0 Å². The number of benzene rings is 1. The Hall–Kier alpha value is -1.11. The van der Waals surface area contributed by atoms with Crippen LogP contribution in [0.1, 0.15) is 12.8 Å². The summed E-state index contributed by atoms with van der Waals surface area (Å²) in [7, 11) is 0. The summed E-state index contributed by atoms with van der Waals surface area (Å²) in [5.41, 5.74) is 0. The van der Waals surface area contributed by atoms with Crippen molar-refractivity contribution in [2.45, 2.75) is 12.8 Å². The Bertz CT molecular complexity index is 488. The fourth-order valence-electron chi connectivity index (χ4n) is 2.45. The van der Waals surface area contributed by atoms with Crippen LogP contribution in [0.5, 0.6) is 0 Å². The molecule has 0 bridgehead atoms. The monoisotopic (exact) mass is 255 g/mol. The Kier molecular flexibility index (Phi) is 3.26. The molecule has 0 radical (unpaired) electrons. The minimum absolute atomic E-state index is 1.17. The zero-order valence-corrected chi connectivity index (χ0v) is 11.3. The molecule has 1 aromatic rings. The van der Waals surface area contributed by atoms with Crippen LogP contribution in [0, 0.1) is 0 Å². The van der Waals surface area contributed by atoms with E-state index in [1.807, 2.05) is 0 Å². The van der Waals surface area contributed by atoms with Gasteiger partial charge in [0, 0.05) is 0 Å². The second-order valence-corrected chi connectivity index (χ2v) is 8.47. The molecule has 0 heterocycles. The summed E-state index contributed by atoms with van der Waals surface area (Å²) < 4.78 is 4.95. The van der Waals surface area contributed by atoms with Crippen molar-refractivity contribution in [3.8, 4) is 0 Å². The van der Waals surface area contributed by atoms with Crippen molar-refractivity contribution in [3.05, 3.63) is 74.5 Å². The number of rotatable bonds is 3. The zero-order chi connectivity index (χ0) is 11.5. The Morgan fingerprint density at radius 1 is 0.765 bits per heavy atom. The second-order valence-electron chi connectivity index (χ2n) is 4.39. The molecule has 0 atom stereocenters. The fraction of sp³-hybridized carbons (Fsp3) is 0.125. The summed E-state index contributed by atoms with van der Waals surface area (Å²) in [5, 5.41) is 0. The molecule has 0 unspecified atom stereocenters. The Balaban J connectivity index is 1.97. The van der Waals surface area contributed by atoms with Gasteiger partial charge in [-0.05, 0) is 0 Å². The van der Waals surface area contributed by atoms with Gasteiger partial charge in [-0.1, -0.05) is 0 Å². The quantitative estimate of drug-likeness (QED) is 0.724. The predicted molar refractivity (Wildman–Crippen MR) is 69.8 cm³/mol. The number of hydrogen-bond donors (Lipinski definition) is 0. The normalized spacial score (nSPS) is 17.2. The van der Waals surface area contributed by atoms with Gasteiger partial charge >= 0.3 is 109 Å². The molecule has 0 spiro atoms. The molecular formula is C16H15Ti. The van der Waals surface area contributed by atoms with Crippen LogP contribution in [0.2, 0.25) is 0 Å². The molecule has 0 saturated heterocycles. The van der Waals surface area contributed by atoms with Crippen molar-refractivity contribution < 1.29 is 17.9 Å². The van der Waals surface area contributed by atoms with E-state index in [0.29, 0.717) is 0 Å². The van der Waals surface area contributed by atoms with Gasteiger partial charge in [0.15, 0.2) is 0 Å². The summed E-state index contributed by atoms with van der Waals surface area (Å²) >= 11 is -1.41. The summed E-state index contributed by atoms with van der Waals surface area (Å²) in [5.74, 6) is 0. The summed E-state index contributed by atoms with van der Waals surface area (Å²) in [6.45, 7) is 0. The van der Waals surface area contributed by atoms with Gasteiger partial charge in [0.2, 0.25) is 0 Å². The van der Waals surface area contributed by atoms with E-state index in [0.717, 1.165) is 0 Å². The molecule has 17 heavy (non-hydrogen) atoms. The second kappa shape index (κ2) is 5.04. The molecule has 0 N–H and O–H groups in total. The van der Waals surface area contributed by atoms with E-state index in [9.17, 15) is 0 Å². The zero-order valence-electron chi connectivity index (χ0n) is 9.77.